The molecule has 1 aliphatic heterocycles. The Morgan fingerprint density at radius 2 is 1.84 bits per heavy atom. The lowest BCUT2D eigenvalue weighted by atomic mass is 9.75. The lowest BCUT2D eigenvalue weighted by Gasteiger charge is -2.37. The van der Waals surface area contributed by atoms with E-state index in [-0.39, 0.29) is 11.2 Å². The summed E-state index contributed by atoms with van der Waals surface area (Å²) >= 11 is 0. The minimum atomic E-state index is -0.00193. The molecule has 1 heterocycles. The van der Waals surface area contributed by atoms with Crippen LogP contribution in [0.1, 0.15) is 67.2 Å². The molecule has 0 amide bonds. The Labute approximate surface area is 119 Å². The van der Waals surface area contributed by atoms with Crippen molar-refractivity contribution in [2.45, 2.75) is 84.5 Å². The van der Waals surface area contributed by atoms with Crippen molar-refractivity contribution in [3.05, 3.63) is 0 Å². The van der Waals surface area contributed by atoms with Gasteiger partial charge in [0, 0.05) is 12.0 Å². The molecule has 2 rings (SSSR count). The van der Waals surface area contributed by atoms with Gasteiger partial charge in [0.15, 0.2) is 0 Å². The molecule has 2 aliphatic rings. The van der Waals surface area contributed by atoms with Crippen LogP contribution in [-0.4, -0.2) is 23.8 Å². The van der Waals surface area contributed by atoms with Gasteiger partial charge in [0.25, 0.3) is 0 Å². The zero-order valence-corrected chi connectivity index (χ0v) is 13.8. The summed E-state index contributed by atoms with van der Waals surface area (Å²) in [5.74, 6) is 2.37. The summed E-state index contributed by atoms with van der Waals surface area (Å²) in [5.41, 5.74) is 0.0294. The first-order valence-corrected chi connectivity index (χ1v) is 8.20. The summed E-state index contributed by atoms with van der Waals surface area (Å²) in [4.78, 5) is 0. The SMILES string of the molecule is CCCNC(C(C)C1CC1)C1CC(C)(C)OC1(C)C. The van der Waals surface area contributed by atoms with E-state index in [1.807, 2.05) is 0 Å². The summed E-state index contributed by atoms with van der Waals surface area (Å²) < 4.78 is 6.32. The summed E-state index contributed by atoms with van der Waals surface area (Å²) in [7, 11) is 0. The van der Waals surface area contributed by atoms with Gasteiger partial charge in [-0.25, -0.2) is 0 Å². The maximum atomic E-state index is 6.32. The van der Waals surface area contributed by atoms with Gasteiger partial charge in [-0.2, -0.15) is 0 Å². The highest BCUT2D eigenvalue weighted by Crippen LogP contribution is 2.48. The molecule has 2 nitrogen and oxygen atoms in total. The molecule has 2 heteroatoms. The topological polar surface area (TPSA) is 21.3 Å². The molecule has 0 aromatic rings. The first-order valence-electron chi connectivity index (χ1n) is 8.20. The van der Waals surface area contributed by atoms with Crippen LogP contribution >= 0.6 is 0 Å². The molecule has 1 saturated heterocycles. The normalized spacial score (nSPS) is 32.2. The van der Waals surface area contributed by atoms with Crippen LogP contribution < -0.4 is 5.32 Å². The van der Waals surface area contributed by atoms with Crippen molar-refractivity contribution in [3.63, 3.8) is 0 Å². The van der Waals surface area contributed by atoms with E-state index in [4.69, 9.17) is 4.74 Å². The number of ether oxygens (including phenoxy) is 1. The number of rotatable bonds is 6. The van der Waals surface area contributed by atoms with Crippen molar-refractivity contribution in [1.82, 2.24) is 5.32 Å². The second-order valence-corrected chi connectivity index (χ2v) is 7.95. The van der Waals surface area contributed by atoms with Gasteiger partial charge in [-0.15, -0.1) is 0 Å². The molecule has 1 aliphatic carbocycles. The van der Waals surface area contributed by atoms with E-state index < -0.39 is 0 Å². The molecule has 3 unspecified atom stereocenters. The van der Waals surface area contributed by atoms with E-state index in [9.17, 15) is 0 Å². The van der Waals surface area contributed by atoms with Crippen LogP contribution in [0.25, 0.3) is 0 Å². The summed E-state index contributed by atoms with van der Waals surface area (Å²) in [6.07, 6.45) is 5.26. The maximum absolute atomic E-state index is 6.32. The average Bonchev–Trinajstić information content (AvgIpc) is 3.06. The largest absolute Gasteiger partial charge is 0.369 e. The second-order valence-electron chi connectivity index (χ2n) is 7.95. The van der Waals surface area contributed by atoms with Gasteiger partial charge in [-0.1, -0.05) is 13.8 Å². The average molecular weight is 267 g/mol. The van der Waals surface area contributed by atoms with Gasteiger partial charge in [0.05, 0.1) is 11.2 Å². The van der Waals surface area contributed by atoms with Crippen LogP contribution in [0, 0.1) is 17.8 Å². The van der Waals surface area contributed by atoms with Gasteiger partial charge in [-0.3, -0.25) is 0 Å². The van der Waals surface area contributed by atoms with E-state index in [0.29, 0.717) is 12.0 Å². The minimum absolute atomic E-state index is 0.00193. The Morgan fingerprint density at radius 3 is 2.26 bits per heavy atom. The molecule has 2 fully saturated rings. The fourth-order valence-electron chi connectivity index (χ4n) is 4.09. The van der Waals surface area contributed by atoms with E-state index in [1.54, 1.807) is 0 Å². The van der Waals surface area contributed by atoms with Crippen LogP contribution in [0.15, 0.2) is 0 Å². The fraction of sp³-hybridized carbons (Fsp3) is 1.00. The zero-order valence-electron chi connectivity index (χ0n) is 13.8. The van der Waals surface area contributed by atoms with Crippen LogP contribution in [-0.2, 0) is 4.74 Å². The van der Waals surface area contributed by atoms with Crippen LogP contribution in [0.5, 0.6) is 0 Å². The van der Waals surface area contributed by atoms with Crippen LogP contribution in [0.2, 0.25) is 0 Å². The van der Waals surface area contributed by atoms with Crippen LogP contribution in [0.4, 0.5) is 0 Å². The molecule has 1 saturated carbocycles. The van der Waals surface area contributed by atoms with Gasteiger partial charge < -0.3 is 10.1 Å². The van der Waals surface area contributed by atoms with Crippen molar-refractivity contribution in [2.75, 3.05) is 6.54 Å². The minimum Gasteiger partial charge on any atom is -0.369 e. The molecular formula is C17H33NO. The number of nitrogens with one attached hydrogen (secondary N) is 1. The lowest BCUT2D eigenvalue weighted by molar-refractivity contribution is -0.0797. The Kier molecular flexibility index (Phi) is 4.32. The molecule has 1 N–H and O–H groups in total. The van der Waals surface area contributed by atoms with E-state index in [1.165, 1.54) is 25.7 Å². The summed E-state index contributed by atoms with van der Waals surface area (Å²) in [6.45, 7) is 14.9. The van der Waals surface area contributed by atoms with Gasteiger partial charge in [-0.05, 0) is 71.8 Å². The molecule has 3 atom stereocenters. The molecule has 0 aromatic carbocycles. The van der Waals surface area contributed by atoms with Crippen molar-refractivity contribution in [3.8, 4) is 0 Å². The number of hydrogen-bond acceptors (Lipinski definition) is 2. The summed E-state index contributed by atoms with van der Waals surface area (Å²) in [6, 6.07) is 0.615. The van der Waals surface area contributed by atoms with Crippen molar-refractivity contribution in [1.29, 1.82) is 0 Å². The highest BCUT2D eigenvalue weighted by Gasteiger charge is 2.51. The van der Waals surface area contributed by atoms with Crippen molar-refractivity contribution in [2.24, 2.45) is 17.8 Å². The highest BCUT2D eigenvalue weighted by atomic mass is 16.5. The standard InChI is InChI=1S/C17H33NO/c1-7-10-18-15(12(2)13-8-9-13)14-11-16(3,4)19-17(14,5)6/h12-15,18H,7-11H2,1-6H3. The van der Waals surface area contributed by atoms with Gasteiger partial charge in [0.1, 0.15) is 0 Å². The molecule has 0 radical (unpaired) electrons. The predicted molar refractivity (Wildman–Crippen MR) is 81.3 cm³/mol. The zero-order chi connectivity index (χ0) is 14.3. The van der Waals surface area contributed by atoms with Gasteiger partial charge >= 0.3 is 0 Å². The smallest absolute Gasteiger partial charge is 0.0677 e. The predicted octanol–water partition coefficient (Wildman–Crippen LogP) is 3.99. The van der Waals surface area contributed by atoms with Crippen LogP contribution in [0.3, 0.4) is 0 Å². The van der Waals surface area contributed by atoms with Crippen molar-refractivity contribution < 1.29 is 4.74 Å². The van der Waals surface area contributed by atoms with Crippen molar-refractivity contribution >= 4 is 0 Å². The Balaban J connectivity index is 2.12. The Morgan fingerprint density at radius 1 is 1.21 bits per heavy atom. The first-order chi connectivity index (χ1) is 8.77. The summed E-state index contributed by atoms with van der Waals surface area (Å²) in [5, 5.41) is 3.85. The fourth-order valence-corrected chi connectivity index (χ4v) is 4.09. The highest BCUT2D eigenvalue weighted by molar-refractivity contribution is 5.02. The van der Waals surface area contributed by atoms with E-state index in [0.717, 1.165) is 18.4 Å². The van der Waals surface area contributed by atoms with E-state index >= 15 is 0 Å². The second kappa shape index (κ2) is 5.37. The third-order valence-electron chi connectivity index (χ3n) is 5.14. The molecular weight excluding hydrogens is 234 g/mol. The van der Waals surface area contributed by atoms with Gasteiger partial charge in [0.2, 0.25) is 0 Å². The molecule has 112 valence electrons. The maximum Gasteiger partial charge on any atom is 0.0677 e. The first kappa shape index (κ1) is 15.3. The Hall–Kier alpha value is -0.0800. The quantitative estimate of drug-likeness (QED) is 0.785. The van der Waals surface area contributed by atoms with E-state index in [2.05, 4.69) is 46.9 Å². The third kappa shape index (κ3) is 3.52. The number of hydrogen-bond donors (Lipinski definition) is 1. The monoisotopic (exact) mass is 267 g/mol. The Bertz CT molecular complexity index is 306. The lowest BCUT2D eigenvalue weighted by Crippen LogP contribution is -2.48. The molecule has 0 aromatic heterocycles. The molecule has 0 spiro atoms. The third-order valence-corrected chi connectivity index (χ3v) is 5.14. The molecule has 19 heavy (non-hydrogen) atoms. The molecule has 0 bridgehead atoms.